The van der Waals surface area contributed by atoms with E-state index in [0.29, 0.717) is 10.6 Å². The van der Waals surface area contributed by atoms with E-state index in [0.717, 1.165) is 15.4 Å². The Labute approximate surface area is 279 Å². The van der Waals surface area contributed by atoms with Crippen molar-refractivity contribution in [1.82, 2.24) is 10.2 Å². The van der Waals surface area contributed by atoms with Crippen LogP contribution in [0.2, 0.25) is 15.1 Å². The van der Waals surface area contributed by atoms with Gasteiger partial charge >= 0.3 is 0 Å². The van der Waals surface area contributed by atoms with Crippen LogP contribution in [-0.2, 0) is 32.6 Å². The third-order valence-electron chi connectivity index (χ3n) is 7.03. The van der Waals surface area contributed by atoms with Crippen molar-refractivity contribution in [3.8, 4) is 0 Å². The van der Waals surface area contributed by atoms with Crippen molar-refractivity contribution in [1.29, 1.82) is 0 Å². The van der Waals surface area contributed by atoms with Crippen LogP contribution in [0.4, 0.5) is 5.69 Å². The summed E-state index contributed by atoms with van der Waals surface area (Å²) in [4.78, 5) is 29.6. The third-order valence-corrected chi connectivity index (χ3v) is 9.61. The second-order valence-electron chi connectivity index (χ2n) is 10.9. The van der Waals surface area contributed by atoms with E-state index in [9.17, 15) is 18.0 Å². The number of sulfonamides is 1. The van der Waals surface area contributed by atoms with Gasteiger partial charge in [-0.3, -0.25) is 13.9 Å². The second kappa shape index (κ2) is 15.1. The molecule has 4 aromatic carbocycles. The Hall–Kier alpha value is -3.56. The minimum atomic E-state index is -4.32. The molecule has 1 atom stereocenters. The largest absolute Gasteiger partial charge is 0.352 e. The van der Waals surface area contributed by atoms with Crippen LogP contribution >= 0.6 is 34.8 Å². The van der Waals surface area contributed by atoms with Crippen molar-refractivity contribution >= 4 is 62.3 Å². The van der Waals surface area contributed by atoms with Gasteiger partial charge in [-0.05, 0) is 74.4 Å². The van der Waals surface area contributed by atoms with Crippen LogP contribution in [0.3, 0.4) is 0 Å². The van der Waals surface area contributed by atoms with Crippen molar-refractivity contribution in [2.75, 3.05) is 10.8 Å². The van der Waals surface area contributed by atoms with Gasteiger partial charge in [-0.2, -0.15) is 0 Å². The molecule has 0 aliphatic heterocycles. The summed E-state index contributed by atoms with van der Waals surface area (Å²) in [5.74, 6) is -0.985. The van der Waals surface area contributed by atoms with Gasteiger partial charge in [0, 0.05) is 29.1 Å². The van der Waals surface area contributed by atoms with Crippen molar-refractivity contribution in [3.63, 3.8) is 0 Å². The maximum Gasteiger partial charge on any atom is 0.264 e. The SMILES string of the molecule is Cc1ccc(S(=O)(=O)N(CC(=O)N(Cc2ccc(Cl)cc2)[C@H](Cc2ccccc2)C(=O)NC(C)C)c2cc(Cl)ccc2Cl)cc1. The number of halogens is 3. The van der Waals surface area contributed by atoms with Gasteiger partial charge in [0.05, 0.1) is 15.6 Å². The van der Waals surface area contributed by atoms with Gasteiger partial charge in [-0.15, -0.1) is 0 Å². The van der Waals surface area contributed by atoms with Crippen LogP contribution in [0.15, 0.2) is 102 Å². The molecule has 0 heterocycles. The van der Waals surface area contributed by atoms with Crippen LogP contribution in [0.1, 0.15) is 30.5 Å². The van der Waals surface area contributed by atoms with Crippen LogP contribution in [0, 0.1) is 6.92 Å². The van der Waals surface area contributed by atoms with E-state index in [1.165, 1.54) is 35.2 Å². The molecule has 0 saturated heterocycles. The van der Waals surface area contributed by atoms with E-state index in [1.54, 1.807) is 36.4 Å². The Morgan fingerprint density at radius 3 is 2.04 bits per heavy atom. The molecular formula is C34H34Cl3N3O4S. The lowest BCUT2D eigenvalue weighted by Crippen LogP contribution is -2.54. The molecule has 7 nitrogen and oxygen atoms in total. The number of anilines is 1. The number of carbonyl (C=O) groups is 2. The molecule has 0 aliphatic carbocycles. The number of carbonyl (C=O) groups excluding carboxylic acids is 2. The van der Waals surface area contributed by atoms with E-state index in [4.69, 9.17) is 34.8 Å². The lowest BCUT2D eigenvalue weighted by Gasteiger charge is -2.34. The van der Waals surface area contributed by atoms with E-state index in [-0.39, 0.29) is 45.5 Å². The average molecular weight is 687 g/mol. The highest BCUT2D eigenvalue weighted by Gasteiger charge is 2.35. The first-order chi connectivity index (χ1) is 21.3. The molecule has 4 rings (SSSR count). The molecule has 1 N–H and O–H groups in total. The molecule has 0 unspecified atom stereocenters. The van der Waals surface area contributed by atoms with E-state index < -0.39 is 28.5 Å². The molecule has 0 fully saturated rings. The summed E-state index contributed by atoms with van der Waals surface area (Å²) in [7, 11) is -4.32. The molecule has 45 heavy (non-hydrogen) atoms. The van der Waals surface area contributed by atoms with Crippen molar-refractivity contribution in [3.05, 3.63) is 129 Å². The van der Waals surface area contributed by atoms with Crippen molar-refractivity contribution in [2.45, 2.75) is 50.7 Å². The third kappa shape index (κ3) is 9.01. The summed E-state index contributed by atoms with van der Waals surface area (Å²) >= 11 is 18.9. The Morgan fingerprint density at radius 1 is 0.800 bits per heavy atom. The highest BCUT2D eigenvalue weighted by atomic mass is 35.5. The fourth-order valence-electron chi connectivity index (χ4n) is 4.75. The molecular weight excluding hydrogens is 653 g/mol. The van der Waals surface area contributed by atoms with Gasteiger partial charge in [0.1, 0.15) is 12.6 Å². The quantitative estimate of drug-likeness (QED) is 0.169. The first kappa shape index (κ1) is 34.3. The zero-order valence-electron chi connectivity index (χ0n) is 25.1. The number of nitrogens with one attached hydrogen (secondary N) is 1. The number of benzene rings is 4. The van der Waals surface area contributed by atoms with Crippen molar-refractivity contribution < 1.29 is 18.0 Å². The molecule has 0 aromatic heterocycles. The Morgan fingerprint density at radius 2 is 1.42 bits per heavy atom. The van der Waals surface area contributed by atoms with Gasteiger partial charge in [-0.25, -0.2) is 8.42 Å². The predicted octanol–water partition coefficient (Wildman–Crippen LogP) is 7.32. The maximum atomic E-state index is 14.5. The van der Waals surface area contributed by atoms with Crippen LogP contribution < -0.4 is 9.62 Å². The van der Waals surface area contributed by atoms with Crippen LogP contribution in [0.25, 0.3) is 0 Å². The van der Waals surface area contributed by atoms with Crippen LogP contribution in [-0.4, -0.2) is 43.8 Å². The standard InChI is InChI=1S/C34H34Cl3N3O4S/c1-23(2)38-34(42)32(19-25-7-5-4-6-8-25)39(21-26-11-13-27(35)14-12-26)33(41)22-40(31-20-28(36)15-18-30(31)37)45(43,44)29-16-9-24(3)10-17-29/h4-18,20,23,32H,19,21-22H2,1-3H3,(H,38,42)/t32-/m1/s1. The highest BCUT2D eigenvalue weighted by Crippen LogP contribution is 2.33. The van der Waals surface area contributed by atoms with Gasteiger partial charge in [0.25, 0.3) is 10.0 Å². The summed E-state index contributed by atoms with van der Waals surface area (Å²) in [5, 5.41) is 3.77. The molecule has 2 amide bonds. The van der Waals surface area contributed by atoms with Gasteiger partial charge in [0.2, 0.25) is 11.8 Å². The Kier molecular flexibility index (Phi) is 11.6. The molecule has 0 spiro atoms. The fraction of sp³-hybridized carbons (Fsp3) is 0.235. The summed E-state index contributed by atoms with van der Waals surface area (Å²) in [6.07, 6.45) is 0.196. The van der Waals surface area contributed by atoms with E-state index in [2.05, 4.69) is 5.32 Å². The van der Waals surface area contributed by atoms with Gasteiger partial charge in [0.15, 0.2) is 0 Å². The minimum Gasteiger partial charge on any atom is -0.352 e. The zero-order valence-corrected chi connectivity index (χ0v) is 28.2. The smallest absolute Gasteiger partial charge is 0.264 e. The Bertz CT molecular complexity index is 1730. The molecule has 0 aliphatic rings. The minimum absolute atomic E-state index is 0.0146. The number of hydrogen-bond donors (Lipinski definition) is 1. The summed E-state index contributed by atoms with van der Waals surface area (Å²) in [6.45, 7) is 4.87. The molecule has 4 aromatic rings. The van der Waals surface area contributed by atoms with E-state index >= 15 is 0 Å². The molecule has 0 bridgehead atoms. The van der Waals surface area contributed by atoms with Crippen molar-refractivity contribution in [2.24, 2.45) is 0 Å². The molecule has 0 saturated carbocycles. The topological polar surface area (TPSA) is 86.8 Å². The maximum absolute atomic E-state index is 14.5. The second-order valence-corrected chi connectivity index (χ2v) is 14.1. The van der Waals surface area contributed by atoms with E-state index in [1.807, 2.05) is 51.1 Å². The Balaban J connectivity index is 1.83. The zero-order chi connectivity index (χ0) is 32.7. The number of amides is 2. The van der Waals surface area contributed by atoms with Gasteiger partial charge in [-0.1, -0.05) is 95.0 Å². The summed E-state index contributed by atoms with van der Waals surface area (Å²) < 4.78 is 29.3. The van der Waals surface area contributed by atoms with Gasteiger partial charge < -0.3 is 10.2 Å². The van der Waals surface area contributed by atoms with Crippen LogP contribution in [0.5, 0.6) is 0 Å². The summed E-state index contributed by atoms with van der Waals surface area (Å²) in [5.41, 5.74) is 2.44. The predicted molar refractivity (Wildman–Crippen MR) is 181 cm³/mol. The lowest BCUT2D eigenvalue weighted by molar-refractivity contribution is -0.140. The monoisotopic (exact) mass is 685 g/mol. The number of hydrogen-bond acceptors (Lipinski definition) is 4. The first-order valence-electron chi connectivity index (χ1n) is 14.3. The highest BCUT2D eigenvalue weighted by molar-refractivity contribution is 7.92. The molecule has 0 radical (unpaired) electrons. The lowest BCUT2D eigenvalue weighted by atomic mass is 10.0. The number of rotatable bonds is 12. The summed E-state index contributed by atoms with van der Waals surface area (Å²) in [6, 6.07) is 25.8. The molecule has 11 heteroatoms. The molecule has 236 valence electrons. The normalized spacial score (nSPS) is 12.1. The number of nitrogens with zero attached hydrogens (tertiary/aromatic N) is 2. The number of aryl methyl sites for hydroxylation is 1. The fourth-order valence-corrected chi connectivity index (χ4v) is 6.74. The average Bonchev–Trinajstić information content (AvgIpc) is 3.00. The first-order valence-corrected chi connectivity index (χ1v) is 16.8.